The minimum atomic E-state index is -0.0416. The van der Waals surface area contributed by atoms with Crippen molar-refractivity contribution in [3.05, 3.63) is 65.4 Å². The largest absolute Gasteiger partial charge is 0.324 e. The molecule has 150 valence electrons. The maximum absolute atomic E-state index is 12.7. The van der Waals surface area contributed by atoms with Crippen LogP contribution >= 0.6 is 0 Å². The van der Waals surface area contributed by atoms with Gasteiger partial charge in [0.2, 0.25) is 0 Å². The molecule has 2 aromatic carbocycles. The lowest BCUT2D eigenvalue weighted by Crippen LogP contribution is -2.52. The van der Waals surface area contributed by atoms with Gasteiger partial charge in [-0.15, -0.1) is 0 Å². The van der Waals surface area contributed by atoms with E-state index in [4.69, 9.17) is 0 Å². The molecular weight excluding hydrogens is 358 g/mol. The number of carbonyl (C=O) groups is 1. The van der Waals surface area contributed by atoms with Gasteiger partial charge in [-0.2, -0.15) is 5.26 Å². The third kappa shape index (κ3) is 4.05. The number of carbonyl (C=O) groups excluding carboxylic acids is 1. The molecular formula is C25H29N3O. The van der Waals surface area contributed by atoms with Crippen molar-refractivity contribution in [1.29, 1.82) is 5.26 Å². The summed E-state index contributed by atoms with van der Waals surface area (Å²) in [4.78, 5) is 16.8. The number of anilines is 1. The number of hydrogen-bond acceptors (Lipinski definition) is 3. The predicted molar refractivity (Wildman–Crippen MR) is 118 cm³/mol. The van der Waals surface area contributed by atoms with Crippen molar-refractivity contribution in [2.24, 2.45) is 0 Å². The first-order valence-electron chi connectivity index (χ1n) is 10.3. The SMILES string of the molecule is CCCCCC1=C(C)C(=O)N(C)C(C)N1c1ccc(-c2ccccc2C#N)cc1. The van der Waals surface area contributed by atoms with Gasteiger partial charge in [0.1, 0.15) is 6.17 Å². The van der Waals surface area contributed by atoms with Gasteiger partial charge >= 0.3 is 0 Å². The Morgan fingerprint density at radius 3 is 2.41 bits per heavy atom. The van der Waals surface area contributed by atoms with Crippen LogP contribution in [0.1, 0.15) is 52.0 Å². The fourth-order valence-electron chi connectivity index (χ4n) is 3.99. The van der Waals surface area contributed by atoms with Crippen LogP contribution < -0.4 is 4.90 Å². The number of nitrogens with zero attached hydrogens (tertiary/aromatic N) is 3. The first-order valence-corrected chi connectivity index (χ1v) is 10.3. The van der Waals surface area contributed by atoms with Crippen LogP contribution in [0, 0.1) is 11.3 Å². The van der Waals surface area contributed by atoms with Crippen molar-refractivity contribution in [2.75, 3.05) is 11.9 Å². The van der Waals surface area contributed by atoms with E-state index in [9.17, 15) is 10.1 Å². The zero-order chi connectivity index (χ0) is 21.0. The standard InChI is InChI=1S/C25H29N3O/c1-5-6-7-12-24-18(2)25(29)27(4)19(3)28(24)22-15-13-20(14-16-22)23-11-9-8-10-21(23)17-26/h8-11,13-16,19H,5-7,12H2,1-4H3. The molecule has 1 unspecified atom stereocenters. The number of rotatable bonds is 6. The summed E-state index contributed by atoms with van der Waals surface area (Å²) >= 11 is 0. The number of benzene rings is 2. The molecule has 29 heavy (non-hydrogen) atoms. The van der Waals surface area contributed by atoms with E-state index in [2.05, 4.69) is 49.1 Å². The highest BCUT2D eigenvalue weighted by Crippen LogP contribution is 2.34. The molecule has 0 saturated heterocycles. The van der Waals surface area contributed by atoms with Crippen LogP contribution in [0.2, 0.25) is 0 Å². The molecule has 2 aromatic rings. The van der Waals surface area contributed by atoms with Crippen molar-refractivity contribution in [3.63, 3.8) is 0 Å². The van der Waals surface area contributed by atoms with E-state index in [0.717, 1.165) is 53.8 Å². The van der Waals surface area contributed by atoms with Gasteiger partial charge in [0, 0.05) is 24.0 Å². The summed E-state index contributed by atoms with van der Waals surface area (Å²) in [7, 11) is 1.86. The van der Waals surface area contributed by atoms with Gasteiger partial charge in [0.05, 0.1) is 11.6 Å². The van der Waals surface area contributed by atoms with Crippen molar-refractivity contribution in [3.8, 4) is 17.2 Å². The Balaban J connectivity index is 1.98. The molecule has 0 spiro atoms. The van der Waals surface area contributed by atoms with E-state index in [1.807, 2.05) is 38.2 Å². The second-order valence-corrected chi connectivity index (χ2v) is 7.65. The summed E-state index contributed by atoms with van der Waals surface area (Å²) in [6.45, 7) is 6.21. The first-order chi connectivity index (χ1) is 14.0. The zero-order valence-corrected chi connectivity index (χ0v) is 17.8. The average molecular weight is 388 g/mol. The second kappa shape index (κ2) is 8.96. The number of likely N-dealkylation sites (N-methyl/N-ethyl adjacent to an activating group) is 1. The summed E-state index contributed by atoms with van der Waals surface area (Å²) in [5.74, 6) is 0.111. The van der Waals surface area contributed by atoms with Gasteiger partial charge in [-0.25, -0.2) is 0 Å². The van der Waals surface area contributed by atoms with Crippen molar-refractivity contribution in [2.45, 2.75) is 52.6 Å². The normalized spacial score (nSPS) is 16.9. The topological polar surface area (TPSA) is 47.3 Å². The lowest BCUT2D eigenvalue weighted by Gasteiger charge is -2.43. The van der Waals surface area contributed by atoms with Crippen LogP contribution in [-0.4, -0.2) is 24.0 Å². The van der Waals surface area contributed by atoms with Crippen molar-refractivity contribution in [1.82, 2.24) is 4.90 Å². The van der Waals surface area contributed by atoms with Crippen LogP contribution in [-0.2, 0) is 4.79 Å². The van der Waals surface area contributed by atoms with E-state index >= 15 is 0 Å². The lowest BCUT2D eigenvalue weighted by molar-refractivity contribution is -0.128. The molecule has 1 amide bonds. The van der Waals surface area contributed by atoms with Crippen molar-refractivity contribution >= 4 is 11.6 Å². The maximum Gasteiger partial charge on any atom is 0.252 e. The second-order valence-electron chi connectivity index (χ2n) is 7.65. The van der Waals surface area contributed by atoms with Gasteiger partial charge < -0.3 is 9.80 Å². The van der Waals surface area contributed by atoms with E-state index in [1.54, 1.807) is 4.90 Å². The van der Waals surface area contributed by atoms with E-state index < -0.39 is 0 Å². The zero-order valence-electron chi connectivity index (χ0n) is 17.8. The van der Waals surface area contributed by atoms with Gasteiger partial charge in [-0.1, -0.05) is 50.1 Å². The Labute approximate surface area is 174 Å². The summed E-state index contributed by atoms with van der Waals surface area (Å²) in [6.07, 6.45) is 4.26. The molecule has 1 aliphatic heterocycles. The molecule has 0 aliphatic carbocycles. The molecule has 0 fully saturated rings. The molecule has 0 N–H and O–H groups in total. The maximum atomic E-state index is 12.7. The molecule has 0 bridgehead atoms. The number of amides is 1. The molecule has 1 heterocycles. The van der Waals surface area contributed by atoms with Crippen molar-refractivity contribution < 1.29 is 4.79 Å². The van der Waals surface area contributed by atoms with Gasteiger partial charge in [0.15, 0.2) is 0 Å². The number of hydrogen-bond donors (Lipinski definition) is 0. The van der Waals surface area contributed by atoms with Crippen LogP contribution in [0.25, 0.3) is 11.1 Å². The summed E-state index contributed by atoms with van der Waals surface area (Å²) in [5.41, 5.74) is 5.66. The number of allylic oxidation sites excluding steroid dienone is 1. The van der Waals surface area contributed by atoms with Crippen LogP contribution in [0.15, 0.2) is 59.8 Å². The Morgan fingerprint density at radius 1 is 1.07 bits per heavy atom. The summed E-state index contributed by atoms with van der Waals surface area (Å²) < 4.78 is 0. The van der Waals surface area contributed by atoms with Gasteiger partial charge in [-0.3, -0.25) is 4.79 Å². The molecule has 0 aromatic heterocycles. The third-order valence-corrected chi connectivity index (χ3v) is 5.82. The first kappa shape index (κ1) is 20.7. The summed E-state index contributed by atoms with van der Waals surface area (Å²) in [6, 6.07) is 18.2. The van der Waals surface area contributed by atoms with Gasteiger partial charge in [-0.05, 0) is 56.0 Å². The fourth-order valence-corrected chi connectivity index (χ4v) is 3.99. The smallest absolute Gasteiger partial charge is 0.252 e. The molecule has 1 aliphatic rings. The molecule has 1 atom stereocenters. The monoisotopic (exact) mass is 387 g/mol. The molecule has 4 heteroatoms. The lowest BCUT2D eigenvalue weighted by atomic mass is 9.98. The van der Waals surface area contributed by atoms with Crippen LogP contribution in [0.3, 0.4) is 0 Å². The number of unbranched alkanes of at least 4 members (excludes halogenated alkanes) is 2. The quantitative estimate of drug-likeness (QED) is 0.597. The highest BCUT2D eigenvalue weighted by molar-refractivity contribution is 5.96. The molecule has 0 saturated carbocycles. The average Bonchev–Trinajstić information content (AvgIpc) is 2.76. The number of nitriles is 1. The molecule has 4 nitrogen and oxygen atoms in total. The Hall–Kier alpha value is -3.06. The van der Waals surface area contributed by atoms with Gasteiger partial charge in [0.25, 0.3) is 5.91 Å². The Morgan fingerprint density at radius 2 is 1.76 bits per heavy atom. The Bertz CT molecular complexity index is 953. The summed E-state index contributed by atoms with van der Waals surface area (Å²) in [5, 5.41) is 9.39. The van der Waals surface area contributed by atoms with Crippen LogP contribution in [0.4, 0.5) is 5.69 Å². The molecule has 3 rings (SSSR count). The van der Waals surface area contributed by atoms with E-state index in [0.29, 0.717) is 5.56 Å². The minimum absolute atomic E-state index is 0.0416. The Kier molecular flexibility index (Phi) is 6.39. The highest BCUT2D eigenvalue weighted by atomic mass is 16.2. The fraction of sp³-hybridized carbons (Fsp3) is 0.360. The predicted octanol–water partition coefficient (Wildman–Crippen LogP) is 5.70. The minimum Gasteiger partial charge on any atom is -0.324 e. The van der Waals surface area contributed by atoms with Crippen LogP contribution in [0.5, 0.6) is 0 Å². The van der Waals surface area contributed by atoms with E-state index in [1.165, 1.54) is 0 Å². The third-order valence-electron chi connectivity index (χ3n) is 5.82. The van der Waals surface area contributed by atoms with E-state index in [-0.39, 0.29) is 12.1 Å². The highest BCUT2D eigenvalue weighted by Gasteiger charge is 2.33. The molecule has 0 radical (unpaired) electrons.